The van der Waals surface area contributed by atoms with Crippen molar-refractivity contribution in [2.24, 2.45) is 17.8 Å². The van der Waals surface area contributed by atoms with Gasteiger partial charge in [0.1, 0.15) is 28.8 Å². The maximum atomic E-state index is 15.5. The fraction of sp³-hybridized carbons (Fsp3) is 0.419. The largest absolute Gasteiger partial charge is 0.490 e. The number of hydrogen-bond acceptors (Lipinski definition) is 2. The Hall–Kier alpha value is -3.37. The molecule has 0 radical (unpaired) electrons. The molecular formula is C31H27F9O2. The molecule has 0 aromatic heterocycles. The van der Waals surface area contributed by atoms with Gasteiger partial charge in [-0.25, -0.2) is 30.7 Å². The number of benzene rings is 3. The number of fused-ring (bicyclic) bond motifs is 1. The van der Waals surface area contributed by atoms with Crippen molar-refractivity contribution in [3.05, 3.63) is 82.2 Å². The maximum Gasteiger partial charge on any atom is 0.432 e. The Balaban J connectivity index is 1.39. The average Bonchev–Trinajstić information content (AvgIpc) is 2.91. The zero-order valence-electron chi connectivity index (χ0n) is 22.5. The lowest BCUT2D eigenvalue weighted by Gasteiger charge is -2.36. The third-order valence-electron chi connectivity index (χ3n) is 8.25. The van der Waals surface area contributed by atoms with Gasteiger partial charge in [-0.2, -0.15) is 8.78 Å². The van der Waals surface area contributed by atoms with Gasteiger partial charge in [-0.3, -0.25) is 0 Å². The molecule has 1 aliphatic carbocycles. The number of ether oxygens (including phenoxy) is 2. The van der Waals surface area contributed by atoms with Crippen molar-refractivity contribution >= 4 is 0 Å². The van der Waals surface area contributed by atoms with E-state index in [0.717, 1.165) is 38.2 Å². The first-order chi connectivity index (χ1) is 19.9. The molecule has 1 fully saturated rings. The number of alkyl halides is 2. The van der Waals surface area contributed by atoms with E-state index in [2.05, 4.69) is 11.7 Å². The van der Waals surface area contributed by atoms with Crippen molar-refractivity contribution in [3.63, 3.8) is 0 Å². The van der Waals surface area contributed by atoms with Gasteiger partial charge in [-0.1, -0.05) is 32.6 Å². The monoisotopic (exact) mass is 602 g/mol. The van der Waals surface area contributed by atoms with Gasteiger partial charge < -0.3 is 9.47 Å². The second-order valence-electron chi connectivity index (χ2n) is 11.0. The van der Waals surface area contributed by atoms with Crippen LogP contribution in [0.2, 0.25) is 0 Å². The Morgan fingerprint density at radius 3 is 1.98 bits per heavy atom. The molecule has 1 unspecified atom stereocenters. The summed E-state index contributed by atoms with van der Waals surface area (Å²) in [5, 5.41) is 0. The summed E-state index contributed by atoms with van der Waals surface area (Å²) in [4.78, 5) is 0. The average molecular weight is 603 g/mol. The molecule has 1 atom stereocenters. The van der Waals surface area contributed by atoms with E-state index in [0.29, 0.717) is 18.3 Å². The van der Waals surface area contributed by atoms with Crippen LogP contribution in [-0.4, -0.2) is 6.61 Å². The van der Waals surface area contributed by atoms with Crippen LogP contribution in [0.5, 0.6) is 11.5 Å². The highest BCUT2D eigenvalue weighted by atomic mass is 19.3. The Labute approximate surface area is 236 Å². The normalized spacial score (nSPS) is 20.7. The summed E-state index contributed by atoms with van der Waals surface area (Å²) in [6.45, 7) is 2.34. The van der Waals surface area contributed by atoms with Crippen molar-refractivity contribution in [2.45, 2.75) is 58.0 Å². The summed E-state index contributed by atoms with van der Waals surface area (Å²) < 4.78 is 140. The summed E-state index contributed by atoms with van der Waals surface area (Å²) in [5.41, 5.74) is -3.30. The van der Waals surface area contributed by atoms with E-state index < -0.39 is 69.3 Å². The molecule has 42 heavy (non-hydrogen) atoms. The molecule has 3 aromatic carbocycles. The number of hydrogen-bond donors (Lipinski definition) is 0. The van der Waals surface area contributed by atoms with E-state index in [-0.39, 0.29) is 48.1 Å². The van der Waals surface area contributed by atoms with Crippen LogP contribution in [0.1, 0.15) is 56.6 Å². The van der Waals surface area contributed by atoms with E-state index >= 15 is 8.78 Å². The minimum atomic E-state index is -4.84. The predicted octanol–water partition coefficient (Wildman–Crippen LogP) is 9.61. The van der Waals surface area contributed by atoms with E-state index in [4.69, 9.17) is 4.74 Å². The van der Waals surface area contributed by atoms with Gasteiger partial charge in [0.05, 0.1) is 12.2 Å². The van der Waals surface area contributed by atoms with Gasteiger partial charge in [0.25, 0.3) is 0 Å². The summed E-state index contributed by atoms with van der Waals surface area (Å²) in [6, 6.07) is 1.74. The van der Waals surface area contributed by atoms with Crippen LogP contribution in [0, 0.1) is 58.5 Å². The van der Waals surface area contributed by atoms with Gasteiger partial charge in [0.2, 0.25) is 0 Å². The fourth-order valence-corrected chi connectivity index (χ4v) is 6.20. The van der Waals surface area contributed by atoms with Crippen LogP contribution < -0.4 is 9.47 Å². The topological polar surface area (TPSA) is 18.5 Å². The van der Waals surface area contributed by atoms with Crippen molar-refractivity contribution in [3.8, 4) is 22.6 Å². The van der Waals surface area contributed by atoms with Gasteiger partial charge >= 0.3 is 6.11 Å². The molecule has 0 bridgehead atoms. The van der Waals surface area contributed by atoms with Crippen molar-refractivity contribution < 1.29 is 49.0 Å². The van der Waals surface area contributed by atoms with Gasteiger partial charge in [0.15, 0.2) is 29.0 Å². The van der Waals surface area contributed by atoms with Gasteiger partial charge in [-0.05, 0) is 60.8 Å². The Morgan fingerprint density at radius 1 is 0.762 bits per heavy atom. The Morgan fingerprint density at radius 2 is 1.38 bits per heavy atom. The molecule has 3 aromatic rings. The highest BCUT2D eigenvalue weighted by molar-refractivity contribution is 5.69. The SMILES string of the molecule is CCCC1CCC(C2COc3c(cc(F)c(-c4cc(F)c(C(F)(F)Oc5cc(F)c(F)c(F)c5)c(F)c4)c3F)C2)CC1. The molecule has 1 heterocycles. The summed E-state index contributed by atoms with van der Waals surface area (Å²) in [7, 11) is 0. The molecule has 226 valence electrons. The zero-order valence-corrected chi connectivity index (χ0v) is 22.5. The minimum absolute atomic E-state index is 0.0594. The van der Waals surface area contributed by atoms with Crippen LogP contribution in [0.25, 0.3) is 11.1 Å². The predicted molar refractivity (Wildman–Crippen MR) is 136 cm³/mol. The standard InChI is InChI=1S/C31H27F9O2/c1-2-3-15-4-6-16(7-5-15)19-8-18-11-21(32)26(29(38)30(18)41-14-19)17-9-22(33)27(23(34)10-17)31(39,40)42-20-12-24(35)28(37)25(36)13-20/h9-13,15-16,19H,2-8,14H2,1H3. The second-order valence-corrected chi connectivity index (χ2v) is 11.0. The molecule has 0 N–H and O–H groups in total. The Bertz CT molecular complexity index is 1440. The van der Waals surface area contributed by atoms with E-state index in [9.17, 15) is 30.7 Å². The minimum Gasteiger partial charge on any atom is -0.490 e. The third kappa shape index (κ3) is 5.79. The zero-order chi connectivity index (χ0) is 30.3. The van der Waals surface area contributed by atoms with Crippen molar-refractivity contribution in [1.82, 2.24) is 0 Å². The van der Waals surface area contributed by atoms with E-state index in [1.165, 1.54) is 6.42 Å². The summed E-state index contributed by atoms with van der Waals surface area (Å²) >= 11 is 0. The summed E-state index contributed by atoms with van der Waals surface area (Å²) in [5.74, 6) is -12.4. The highest BCUT2D eigenvalue weighted by Crippen LogP contribution is 2.44. The maximum absolute atomic E-state index is 15.5. The Kier molecular flexibility index (Phi) is 8.40. The smallest absolute Gasteiger partial charge is 0.432 e. The van der Waals surface area contributed by atoms with Gasteiger partial charge in [0, 0.05) is 17.7 Å². The molecule has 1 saturated carbocycles. The molecule has 2 aliphatic rings. The van der Waals surface area contributed by atoms with E-state index in [1.807, 2.05) is 0 Å². The lowest BCUT2D eigenvalue weighted by Crippen LogP contribution is -2.31. The lowest BCUT2D eigenvalue weighted by atomic mass is 9.72. The van der Waals surface area contributed by atoms with E-state index in [1.54, 1.807) is 0 Å². The quantitative estimate of drug-likeness (QED) is 0.198. The van der Waals surface area contributed by atoms with Crippen LogP contribution >= 0.6 is 0 Å². The molecule has 0 spiro atoms. The van der Waals surface area contributed by atoms with Crippen LogP contribution in [0.3, 0.4) is 0 Å². The van der Waals surface area contributed by atoms with Crippen LogP contribution in [-0.2, 0) is 12.5 Å². The molecule has 2 nitrogen and oxygen atoms in total. The molecule has 0 saturated heterocycles. The lowest BCUT2D eigenvalue weighted by molar-refractivity contribution is -0.189. The van der Waals surface area contributed by atoms with Crippen molar-refractivity contribution in [1.29, 1.82) is 0 Å². The van der Waals surface area contributed by atoms with Crippen LogP contribution in [0.4, 0.5) is 39.5 Å². The van der Waals surface area contributed by atoms with Crippen molar-refractivity contribution in [2.75, 3.05) is 6.61 Å². The van der Waals surface area contributed by atoms with Crippen LogP contribution in [0.15, 0.2) is 30.3 Å². The second kappa shape index (κ2) is 11.7. The fourth-order valence-electron chi connectivity index (χ4n) is 6.20. The molecule has 0 amide bonds. The number of halogens is 9. The number of rotatable bonds is 7. The molecular weight excluding hydrogens is 575 g/mol. The molecule has 11 heteroatoms. The molecule has 1 aliphatic heterocycles. The first kappa shape index (κ1) is 30.1. The van der Waals surface area contributed by atoms with Gasteiger partial charge in [-0.15, -0.1) is 0 Å². The summed E-state index contributed by atoms with van der Waals surface area (Å²) in [6.07, 6.45) is 2.02. The first-order valence-corrected chi connectivity index (χ1v) is 13.7. The molecule has 5 rings (SSSR count). The highest BCUT2D eigenvalue weighted by Gasteiger charge is 2.42. The third-order valence-corrected chi connectivity index (χ3v) is 8.25. The first-order valence-electron chi connectivity index (χ1n) is 13.7.